The Balaban J connectivity index is 2.87. The van der Waals surface area contributed by atoms with E-state index in [9.17, 15) is 0 Å². The zero-order chi connectivity index (χ0) is 9.68. The maximum absolute atomic E-state index is 8.91. The van der Waals surface area contributed by atoms with Crippen LogP contribution in [0.25, 0.3) is 0 Å². The number of benzene rings is 1. The predicted octanol–water partition coefficient (Wildman–Crippen LogP) is 2.40. The fourth-order valence-corrected chi connectivity index (χ4v) is 1.18. The predicted molar refractivity (Wildman–Crippen MR) is 53.1 cm³/mol. The topological polar surface area (TPSA) is 29.5 Å². The highest BCUT2D eigenvalue weighted by molar-refractivity contribution is 6.32. The summed E-state index contributed by atoms with van der Waals surface area (Å²) < 4.78 is 5.27. The van der Waals surface area contributed by atoms with Crippen LogP contribution in [0.15, 0.2) is 30.9 Å². The number of aliphatic hydroxyl groups excluding tert-OH is 1. The lowest BCUT2D eigenvalue weighted by Crippen LogP contribution is -1.95. The maximum atomic E-state index is 8.91. The lowest BCUT2D eigenvalue weighted by atomic mass is 10.2. The smallest absolute Gasteiger partial charge is 0.138 e. The van der Waals surface area contributed by atoms with Crippen LogP contribution < -0.4 is 4.74 Å². The highest BCUT2D eigenvalue weighted by atomic mass is 35.5. The van der Waals surface area contributed by atoms with Crippen LogP contribution >= 0.6 is 11.6 Å². The minimum Gasteiger partial charge on any atom is -0.488 e. The normalized spacial score (nSPS) is 9.69. The third-order valence-electron chi connectivity index (χ3n) is 1.57. The molecular formula is C10H11ClO2. The summed E-state index contributed by atoms with van der Waals surface area (Å²) in [6, 6.07) is 5.30. The summed E-state index contributed by atoms with van der Waals surface area (Å²) in [5.74, 6) is 0.577. The van der Waals surface area contributed by atoms with Crippen LogP contribution in [0.4, 0.5) is 0 Å². The molecule has 0 saturated carbocycles. The molecule has 0 aromatic heterocycles. The van der Waals surface area contributed by atoms with Crippen LogP contribution in [0.1, 0.15) is 5.56 Å². The second-order valence-electron chi connectivity index (χ2n) is 2.49. The van der Waals surface area contributed by atoms with E-state index in [-0.39, 0.29) is 6.61 Å². The fraction of sp³-hybridized carbons (Fsp3) is 0.200. The van der Waals surface area contributed by atoms with Gasteiger partial charge in [-0.25, -0.2) is 0 Å². The molecule has 70 valence electrons. The van der Waals surface area contributed by atoms with Crippen LogP contribution in [-0.2, 0) is 6.61 Å². The molecule has 0 amide bonds. The Morgan fingerprint density at radius 2 is 2.31 bits per heavy atom. The minimum atomic E-state index is -0.0792. The van der Waals surface area contributed by atoms with Crippen molar-refractivity contribution in [3.05, 3.63) is 41.4 Å². The number of halogens is 1. The van der Waals surface area contributed by atoms with E-state index in [0.717, 1.165) is 0 Å². The lowest BCUT2D eigenvalue weighted by molar-refractivity contribution is 0.280. The van der Waals surface area contributed by atoms with Crippen LogP contribution in [0.3, 0.4) is 0 Å². The first-order valence-corrected chi connectivity index (χ1v) is 4.29. The molecule has 1 N–H and O–H groups in total. The van der Waals surface area contributed by atoms with Gasteiger partial charge in [-0.15, -0.1) is 0 Å². The standard InChI is InChI=1S/C10H11ClO2/c1-2-6-13-9-5-3-4-8(7-12)10(9)11/h2-5,12H,1,6-7H2. The SMILES string of the molecule is C=CCOc1cccc(CO)c1Cl. The summed E-state index contributed by atoms with van der Waals surface area (Å²) in [5.41, 5.74) is 0.670. The number of rotatable bonds is 4. The van der Waals surface area contributed by atoms with Crippen LogP contribution in [0.5, 0.6) is 5.75 Å². The largest absolute Gasteiger partial charge is 0.488 e. The van der Waals surface area contributed by atoms with E-state index in [1.165, 1.54) is 0 Å². The summed E-state index contributed by atoms with van der Waals surface area (Å²) in [6.07, 6.45) is 1.64. The Hall–Kier alpha value is -0.990. The van der Waals surface area contributed by atoms with Crippen molar-refractivity contribution in [1.82, 2.24) is 0 Å². The van der Waals surface area contributed by atoms with Gasteiger partial charge >= 0.3 is 0 Å². The molecule has 0 saturated heterocycles. The number of hydrogen-bond donors (Lipinski definition) is 1. The molecule has 0 radical (unpaired) electrons. The van der Waals surface area contributed by atoms with E-state index < -0.39 is 0 Å². The van der Waals surface area contributed by atoms with Gasteiger partial charge in [0, 0.05) is 0 Å². The molecule has 13 heavy (non-hydrogen) atoms. The van der Waals surface area contributed by atoms with E-state index in [1.807, 2.05) is 0 Å². The summed E-state index contributed by atoms with van der Waals surface area (Å²) >= 11 is 5.93. The van der Waals surface area contributed by atoms with E-state index in [2.05, 4.69) is 6.58 Å². The Bertz CT molecular complexity index is 297. The highest BCUT2D eigenvalue weighted by Gasteiger charge is 2.04. The second-order valence-corrected chi connectivity index (χ2v) is 2.87. The fourth-order valence-electron chi connectivity index (χ4n) is 0.939. The van der Waals surface area contributed by atoms with Gasteiger partial charge in [-0.1, -0.05) is 36.4 Å². The summed E-state index contributed by atoms with van der Waals surface area (Å²) in [5, 5.41) is 9.37. The van der Waals surface area contributed by atoms with Gasteiger partial charge in [0.25, 0.3) is 0 Å². The van der Waals surface area contributed by atoms with Crippen molar-refractivity contribution in [2.45, 2.75) is 6.61 Å². The van der Waals surface area contributed by atoms with Crippen LogP contribution in [0.2, 0.25) is 5.02 Å². The molecule has 3 heteroatoms. The van der Waals surface area contributed by atoms with Gasteiger partial charge in [0.15, 0.2) is 0 Å². The van der Waals surface area contributed by atoms with Crippen molar-refractivity contribution in [3.8, 4) is 5.75 Å². The maximum Gasteiger partial charge on any atom is 0.138 e. The van der Waals surface area contributed by atoms with Gasteiger partial charge in [0.1, 0.15) is 12.4 Å². The van der Waals surface area contributed by atoms with E-state index in [1.54, 1.807) is 24.3 Å². The summed E-state index contributed by atoms with van der Waals surface area (Å²) in [4.78, 5) is 0. The first-order chi connectivity index (χ1) is 6.29. The molecular weight excluding hydrogens is 188 g/mol. The van der Waals surface area contributed by atoms with Gasteiger partial charge < -0.3 is 9.84 Å². The molecule has 1 aromatic rings. The third-order valence-corrected chi connectivity index (χ3v) is 2.00. The van der Waals surface area contributed by atoms with Crippen molar-refractivity contribution in [3.63, 3.8) is 0 Å². The van der Waals surface area contributed by atoms with Crippen LogP contribution in [0, 0.1) is 0 Å². The average Bonchev–Trinajstić information content (AvgIpc) is 2.16. The Morgan fingerprint density at radius 1 is 1.54 bits per heavy atom. The first kappa shape index (κ1) is 10.1. The molecule has 0 aliphatic rings. The third kappa shape index (κ3) is 2.47. The quantitative estimate of drug-likeness (QED) is 0.753. The molecule has 1 aromatic carbocycles. The molecule has 0 aliphatic carbocycles. The first-order valence-electron chi connectivity index (χ1n) is 3.91. The molecule has 0 unspecified atom stereocenters. The molecule has 0 bridgehead atoms. The minimum absolute atomic E-state index is 0.0792. The second kappa shape index (κ2) is 4.90. The molecule has 2 nitrogen and oxygen atoms in total. The zero-order valence-electron chi connectivity index (χ0n) is 7.16. The van der Waals surface area contributed by atoms with E-state index in [4.69, 9.17) is 21.4 Å². The van der Waals surface area contributed by atoms with E-state index >= 15 is 0 Å². The molecule has 0 heterocycles. The zero-order valence-corrected chi connectivity index (χ0v) is 7.92. The van der Waals surface area contributed by atoms with Gasteiger partial charge in [0.05, 0.1) is 11.6 Å². The van der Waals surface area contributed by atoms with Crippen molar-refractivity contribution < 1.29 is 9.84 Å². The summed E-state index contributed by atoms with van der Waals surface area (Å²) in [7, 11) is 0. The van der Waals surface area contributed by atoms with Crippen molar-refractivity contribution >= 4 is 11.6 Å². The van der Waals surface area contributed by atoms with Crippen molar-refractivity contribution in [2.75, 3.05) is 6.61 Å². The number of hydrogen-bond acceptors (Lipinski definition) is 2. The Kier molecular flexibility index (Phi) is 3.80. The van der Waals surface area contributed by atoms with Gasteiger partial charge in [-0.2, -0.15) is 0 Å². The highest BCUT2D eigenvalue weighted by Crippen LogP contribution is 2.27. The molecule has 0 aliphatic heterocycles. The van der Waals surface area contributed by atoms with Gasteiger partial charge in [-0.05, 0) is 11.6 Å². The van der Waals surface area contributed by atoms with Crippen molar-refractivity contribution in [1.29, 1.82) is 0 Å². The van der Waals surface area contributed by atoms with Crippen molar-refractivity contribution in [2.24, 2.45) is 0 Å². The van der Waals surface area contributed by atoms with Gasteiger partial charge in [0.2, 0.25) is 0 Å². The van der Waals surface area contributed by atoms with Crippen LogP contribution in [-0.4, -0.2) is 11.7 Å². The Morgan fingerprint density at radius 3 is 2.92 bits per heavy atom. The van der Waals surface area contributed by atoms with Gasteiger partial charge in [-0.3, -0.25) is 0 Å². The molecule has 0 atom stereocenters. The molecule has 1 rings (SSSR count). The Labute approximate surface area is 82.4 Å². The molecule has 0 spiro atoms. The monoisotopic (exact) mass is 198 g/mol. The number of ether oxygens (including phenoxy) is 1. The summed E-state index contributed by atoms with van der Waals surface area (Å²) in [6.45, 7) is 3.86. The lowest BCUT2D eigenvalue weighted by Gasteiger charge is -2.07. The average molecular weight is 199 g/mol. The molecule has 0 fully saturated rings. The van der Waals surface area contributed by atoms with E-state index in [0.29, 0.717) is 22.9 Å². The number of aliphatic hydroxyl groups is 1.